The molecular formula is C18H27F3N6O4. The first-order valence-electron chi connectivity index (χ1n) is 10.00. The number of hydrogen-bond acceptors (Lipinski definition) is 8. The third-order valence-electron chi connectivity index (χ3n) is 4.67. The summed E-state index contributed by atoms with van der Waals surface area (Å²) in [6, 6.07) is 1.30. The predicted octanol–water partition coefficient (Wildman–Crippen LogP) is 1.82. The highest BCUT2D eigenvalue weighted by Crippen LogP contribution is 2.29. The summed E-state index contributed by atoms with van der Waals surface area (Å²) in [5, 5.41) is 9.79. The molecular weight excluding hydrogens is 421 g/mol. The number of hydroxylamine groups is 2. The Kier molecular flexibility index (Phi) is 9.24. The van der Waals surface area contributed by atoms with Crippen LogP contribution in [0, 0.1) is 5.92 Å². The van der Waals surface area contributed by atoms with Crippen LogP contribution < -0.4 is 15.8 Å². The largest absolute Gasteiger partial charge is 0.451 e. The Morgan fingerprint density at radius 3 is 2.68 bits per heavy atom. The van der Waals surface area contributed by atoms with Gasteiger partial charge in [0.05, 0.1) is 25.7 Å². The van der Waals surface area contributed by atoms with Crippen molar-refractivity contribution in [3.8, 4) is 0 Å². The molecule has 3 N–H and O–H groups in total. The van der Waals surface area contributed by atoms with E-state index in [0.717, 1.165) is 12.8 Å². The fourth-order valence-corrected chi connectivity index (χ4v) is 3.02. The minimum atomic E-state index is -4.77. The lowest BCUT2D eigenvalue weighted by Crippen LogP contribution is -2.40. The maximum atomic E-state index is 13.2. The highest BCUT2D eigenvalue weighted by Gasteiger charge is 2.36. The fraction of sp³-hybridized carbons (Fsp3) is 0.667. The normalized spacial score (nSPS) is 15.3. The van der Waals surface area contributed by atoms with Crippen molar-refractivity contribution >= 4 is 24.0 Å². The van der Waals surface area contributed by atoms with Gasteiger partial charge in [-0.25, -0.2) is 15.0 Å². The second-order valence-corrected chi connectivity index (χ2v) is 7.07. The van der Waals surface area contributed by atoms with Gasteiger partial charge in [0.15, 0.2) is 5.82 Å². The minimum Gasteiger partial charge on any atom is -0.378 e. The number of hydrazine groups is 1. The maximum Gasteiger partial charge on any atom is 0.451 e. The standard InChI is InChI=1S/C18H27F3N6O4/c1-2-3-4-5-13(11-27(30)12-28)16(29)25-24-14-10-15(26-6-8-31-9-7-26)23-17(22-14)18(19,20)21/h10,12-13,30H,2-9,11H2,1H3,(H,25,29)(H,22,23,24)/t13-/m1/s1. The smallest absolute Gasteiger partial charge is 0.378 e. The van der Waals surface area contributed by atoms with Gasteiger partial charge in [0.2, 0.25) is 18.1 Å². The summed E-state index contributed by atoms with van der Waals surface area (Å²) in [4.78, 5) is 31.9. The molecule has 174 valence electrons. The monoisotopic (exact) mass is 448 g/mol. The number of nitrogens with one attached hydrogen (secondary N) is 2. The molecule has 0 aliphatic carbocycles. The zero-order valence-electron chi connectivity index (χ0n) is 17.2. The number of alkyl halides is 3. The number of nitrogens with zero attached hydrogens (tertiary/aromatic N) is 4. The van der Waals surface area contributed by atoms with Gasteiger partial charge in [-0.2, -0.15) is 13.2 Å². The summed E-state index contributed by atoms with van der Waals surface area (Å²) in [6.45, 7) is 3.21. The van der Waals surface area contributed by atoms with Crippen molar-refractivity contribution in [1.82, 2.24) is 20.5 Å². The molecule has 2 amide bonds. The lowest BCUT2D eigenvalue weighted by atomic mass is 10.0. The maximum absolute atomic E-state index is 13.2. The molecule has 10 nitrogen and oxygen atoms in total. The molecule has 0 spiro atoms. The molecule has 0 radical (unpaired) electrons. The molecule has 1 fully saturated rings. The van der Waals surface area contributed by atoms with E-state index < -0.39 is 23.8 Å². The Bertz CT molecular complexity index is 731. The van der Waals surface area contributed by atoms with Crippen LogP contribution in [0.3, 0.4) is 0 Å². The number of aromatic nitrogens is 2. The van der Waals surface area contributed by atoms with E-state index in [1.165, 1.54) is 6.07 Å². The van der Waals surface area contributed by atoms with Crippen molar-refractivity contribution in [2.24, 2.45) is 5.92 Å². The van der Waals surface area contributed by atoms with Crippen LogP contribution in [0.1, 0.15) is 38.4 Å². The second kappa shape index (κ2) is 11.6. The van der Waals surface area contributed by atoms with Gasteiger partial charge in [-0.1, -0.05) is 26.2 Å². The van der Waals surface area contributed by atoms with Crippen molar-refractivity contribution in [2.45, 2.75) is 38.8 Å². The average molecular weight is 448 g/mol. The molecule has 1 aliphatic rings. The zero-order chi connectivity index (χ0) is 22.9. The second-order valence-electron chi connectivity index (χ2n) is 7.07. The highest BCUT2D eigenvalue weighted by molar-refractivity contribution is 5.80. The molecule has 0 saturated carbocycles. The Morgan fingerprint density at radius 1 is 1.35 bits per heavy atom. The Hall–Kier alpha value is -2.67. The van der Waals surface area contributed by atoms with Crippen molar-refractivity contribution < 1.29 is 32.7 Å². The first-order valence-corrected chi connectivity index (χ1v) is 10.00. The first kappa shape index (κ1) is 24.6. The molecule has 2 heterocycles. The van der Waals surface area contributed by atoms with E-state index in [1.54, 1.807) is 4.90 Å². The molecule has 0 unspecified atom stereocenters. The van der Waals surface area contributed by atoms with Crippen LogP contribution in [-0.4, -0.2) is 65.4 Å². The van der Waals surface area contributed by atoms with E-state index >= 15 is 0 Å². The number of halogens is 3. The van der Waals surface area contributed by atoms with Crippen LogP contribution >= 0.6 is 0 Å². The van der Waals surface area contributed by atoms with E-state index in [9.17, 15) is 28.0 Å². The number of rotatable bonds is 11. The van der Waals surface area contributed by atoms with Crippen LogP contribution in [-0.2, 0) is 20.5 Å². The summed E-state index contributed by atoms with van der Waals surface area (Å²) in [5.41, 5.74) is 4.72. The zero-order valence-corrected chi connectivity index (χ0v) is 17.2. The molecule has 31 heavy (non-hydrogen) atoms. The van der Waals surface area contributed by atoms with Gasteiger partial charge >= 0.3 is 6.18 Å². The van der Waals surface area contributed by atoms with Crippen LogP contribution in [0.5, 0.6) is 0 Å². The summed E-state index contributed by atoms with van der Waals surface area (Å²) in [5.74, 6) is -2.85. The van der Waals surface area contributed by atoms with Crippen molar-refractivity contribution in [3.63, 3.8) is 0 Å². The molecule has 1 aromatic heterocycles. The summed E-state index contributed by atoms with van der Waals surface area (Å²) in [6.07, 6.45) is -1.74. The topological polar surface area (TPSA) is 120 Å². The van der Waals surface area contributed by atoms with Gasteiger partial charge in [0.25, 0.3) is 0 Å². The van der Waals surface area contributed by atoms with E-state index in [4.69, 9.17) is 4.74 Å². The minimum absolute atomic E-state index is 0.0596. The third kappa shape index (κ3) is 7.83. The molecule has 1 aliphatic heterocycles. The summed E-state index contributed by atoms with van der Waals surface area (Å²) >= 11 is 0. The van der Waals surface area contributed by atoms with Gasteiger partial charge in [-0.15, -0.1) is 0 Å². The molecule has 0 aromatic carbocycles. The van der Waals surface area contributed by atoms with Crippen LogP contribution in [0.25, 0.3) is 0 Å². The number of unbranched alkanes of at least 4 members (excludes halogenated alkanes) is 2. The van der Waals surface area contributed by atoms with E-state index in [1.807, 2.05) is 6.92 Å². The molecule has 1 aromatic rings. The quantitative estimate of drug-likeness (QED) is 0.203. The fourth-order valence-electron chi connectivity index (χ4n) is 3.02. The van der Waals surface area contributed by atoms with Gasteiger partial charge in [-0.3, -0.25) is 25.6 Å². The predicted molar refractivity (Wildman–Crippen MR) is 104 cm³/mol. The number of anilines is 2. The van der Waals surface area contributed by atoms with Crippen LogP contribution in [0.15, 0.2) is 6.07 Å². The molecule has 0 bridgehead atoms. The number of carbonyl (C=O) groups is 2. The van der Waals surface area contributed by atoms with Crippen molar-refractivity contribution in [3.05, 3.63) is 11.9 Å². The SMILES string of the molecule is CCCCC[C@H](CN(O)C=O)C(=O)NNc1cc(N2CCOCC2)nc(C(F)(F)F)n1. The first-order chi connectivity index (χ1) is 14.7. The highest BCUT2D eigenvalue weighted by atomic mass is 19.4. The summed E-state index contributed by atoms with van der Waals surface area (Å²) in [7, 11) is 0. The lowest BCUT2D eigenvalue weighted by Gasteiger charge is -2.28. The Morgan fingerprint density at radius 2 is 2.06 bits per heavy atom. The molecule has 13 heteroatoms. The van der Waals surface area contributed by atoms with Crippen molar-refractivity contribution in [1.29, 1.82) is 0 Å². The van der Waals surface area contributed by atoms with Gasteiger partial charge in [-0.05, 0) is 6.42 Å². The number of hydrogen-bond donors (Lipinski definition) is 3. The molecule has 2 rings (SSSR count). The number of ether oxygens (including phenoxy) is 1. The van der Waals surface area contributed by atoms with Gasteiger partial charge in [0, 0.05) is 19.2 Å². The average Bonchev–Trinajstić information content (AvgIpc) is 2.76. The van der Waals surface area contributed by atoms with Crippen LogP contribution in [0.4, 0.5) is 24.8 Å². The van der Waals surface area contributed by atoms with E-state index in [-0.39, 0.29) is 24.6 Å². The third-order valence-corrected chi connectivity index (χ3v) is 4.67. The van der Waals surface area contributed by atoms with Crippen LogP contribution in [0.2, 0.25) is 0 Å². The number of morpholine rings is 1. The van der Waals surface area contributed by atoms with Gasteiger partial charge < -0.3 is 9.64 Å². The molecule has 1 atom stereocenters. The Labute approximate surface area is 177 Å². The number of amides is 2. The lowest BCUT2D eigenvalue weighted by molar-refractivity contribution is -0.154. The molecule has 1 saturated heterocycles. The Balaban J connectivity index is 2.13. The summed E-state index contributed by atoms with van der Waals surface area (Å²) < 4.78 is 44.9. The van der Waals surface area contributed by atoms with Crippen molar-refractivity contribution in [2.75, 3.05) is 43.2 Å². The van der Waals surface area contributed by atoms with Gasteiger partial charge in [0.1, 0.15) is 5.82 Å². The number of carbonyl (C=O) groups excluding carboxylic acids is 2. The van der Waals surface area contributed by atoms with E-state index in [0.29, 0.717) is 44.2 Å². The van der Waals surface area contributed by atoms with E-state index in [2.05, 4.69) is 20.8 Å².